The number of allylic oxidation sites excluding steroid dienone is 11. The lowest BCUT2D eigenvalue weighted by atomic mass is 10.0. The number of carbonyl (C=O) groups is 2. The minimum absolute atomic E-state index is 0.140. The van der Waals surface area contributed by atoms with E-state index in [9.17, 15) is 9.59 Å². The van der Waals surface area contributed by atoms with Crippen LogP contribution in [-0.4, -0.2) is 16.9 Å². The van der Waals surface area contributed by atoms with Gasteiger partial charge in [-0.25, -0.2) is 0 Å². The van der Waals surface area contributed by atoms with Crippen molar-refractivity contribution in [3.05, 3.63) is 69.9 Å². The second kappa shape index (κ2) is 21.6. The van der Waals surface area contributed by atoms with Crippen LogP contribution in [0.3, 0.4) is 0 Å². The Morgan fingerprint density at radius 3 is 0.919 bits per heavy atom. The fourth-order valence-corrected chi connectivity index (χ4v) is 4.07. The molecular weight excluding hydrogens is 456 g/mol. The zero-order chi connectivity index (χ0) is 28.1. The molecule has 37 heavy (non-hydrogen) atoms. The molecular formula is C34H54O3. The van der Waals surface area contributed by atoms with Gasteiger partial charge in [-0.2, -0.15) is 0 Å². The van der Waals surface area contributed by atoms with E-state index >= 15 is 0 Å². The largest absolute Gasteiger partial charge is 0.481 e. The average Bonchev–Trinajstić information content (AvgIpc) is 2.78. The van der Waals surface area contributed by atoms with E-state index in [2.05, 4.69) is 65.0 Å². The molecule has 0 aliphatic heterocycles. The minimum atomic E-state index is -0.759. The highest BCUT2D eigenvalue weighted by Gasteiger charge is 1.98. The maximum Gasteiger partial charge on any atom is 0.307 e. The molecule has 0 saturated carbocycles. The van der Waals surface area contributed by atoms with Crippen LogP contribution in [0, 0.1) is 0 Å². The average molecular weight is 511 g/mol. The Kier molecular flexibility index (Phi) is 20.2. The Labute approximate surface area is 228 Å². The number of carbonyl (C=O) groups excluding carboxylic acids is 1. The highest BCUT2D eigenvalue weighted by atomic mass is 16.4. The van der Waals surface area contributed by atoms with Gasteiger partial charge in [-0.1, -0.05) is 69.9 Å². The molecule has 1 N–H and O–H groups in total. The molecule has 0 bridgehead atoms. The predicted octanol–water partition coefficient (Wildman–Crippen LogP) is 10.4. The van der Waals surface area contributed by atoms with Crippen LogP contribution >= 0.6 is 0 Å². The van der Waals surface area contributed by atoms with Crippen molar-refractivity contribution < 1.29 is 14.7 Å². The van der Waals surface area contributed by atoms with Gasteiger partial charge < -0.3 is 9.90 Å². The number of rotatable bonds is 20. The number of hydrogen-bond acceptors (Lipinski definition) is 2. The second-order valence-corrected chi connectivity index (χ2v) is 10.8. The van der Waals surface area contributed by atoms with Crippen LogP contribution in [0.1, 0.15) is 132 Å². The molecule has 0 spiro atoms. The normalized spacial score (nSPS) is 14.4. The Balaban J connectivity index is 4.16. The summed E-state index contributed by atoms with van der Waals surface area (Å²) in [5.74, 6) is -0.494. The summed E-state index contributed by atoms with van der Waals surface area (Å²) in [5.41, 5.74) is 8.10. The van der Waals surface area contributed by atoms with Gasteiger partial charge in [0.05, 0.1) is 6.42 Å². The summed E-state index contributed by atoms with van der Waals surface area (Å²) in [5, 5.41) is 8.81. The molecule has 0 aliphatic rings. The molecule has 0 aromatic carbocycles. The second-order valence-electron chi connectivity index (χ2n) is 10.8. The molecule has 0 amide bonds. The van der Waals surface area contributed by atoms with Gasteiger partial charge in [0.2, 0.25) is 0 Å². The minimum Gasteiger partial charge on any atom is -0.481 e. The van der Waals surface area contributed by atoms with Crippen molar-refractivity contribution in [3.63, 3.8) is 0 Å². The van der Waals surface area contributed by atoms with Gasteiger partial charge in [0, 0.05) is 6.42 Å². The quantitative estimate of drug-likeness (QED) is 0.166. The van der Waals surface area contributed by atoms with E-state index in [1.807, 2.05) is 13.0 Å². The standard InChI is InChI=1S/C34H54O3/c1-27(15-9-17-29(3)19-11-21-31(5)23-13-25-33(7)35)14-8-16-28(2)18-10-20-30(4)22-12-24-32(6)26-34(36)37/h15-16,19-20,23-24H,8-14,17-18,21-22,25-26H2,1-7H3,(H,36,37)/b27-15+,28-16+,29-19+,30-20+,31-23+,32-24+. The summed E-state index contributed by atoms with van der Waals surface area (Å²) in [4.78, 5) is 21.7. The van der Waals surface area contributed by atoms with Crippen molar-refractivity contribution in [2.24, 2.45) is 0 Å². The van der Waals surface area contributed by atoms with Crippen molar-refractivity contribution in [2.45, 2.75) is 132 Å². The van der Waals surface area contributed by atoms with Crippen LogP contribution in [0.25, 0.3) is 0 Å². The number of carboxylic acid groups (broad SMARTS) is 1. The molecule has 0 saturated heterocycles. The summed E-state index contributed by atoms with van der Waals surface area (Å²) < 4.78 is 0. The third kappa shape index (κ3) is 23.7. The first kappa shape index (κ1) is 34.6. The number of hydrogen-bond donors (Lipinski definition) is 1. The van der Waals surface area contributed by atoms with Gasteiger partial charge in [-0.05, 0) is 119 Å². The van der Waals surface area contributed by atoms with E-state index < -0.39 is 5.97 Å². The number of Topliss-reactive ketones (excluding diaryl/α,β-unsaturated/α-hetero) is 1. The van der Waals surface area contributed by atoms with Crippen molar-refractivity contribution in [1.82, 2.24) is 0 Å². The van der Waals surface area contributed by atoms with Gasteiger partial charge in [-0.15, -0.1) is 0 Å². The zero-order valence-electron chi connectivity index (χ0n) is 24.9. The Morgan fingerprint density at radius 1 is 0.432 bits per heavy atom. The molecule has 0 aliphatic carbocycles. The first-order chi connectivity index (χ1) is 17.5. The number of carboxylic acids is 1. The van der Waals surface area contributed by atoms with E-state index in [1.165, 1.54) is 27.9 Å². The molecule has 0 atom stereocenters. The predicted molar refractivity (Wildman–Crippen MR) is 161 cm³/mol. The highest BCUT2D eigenvalue weighted by Crippen LogP contribution is 2.16. The van der Waals surface area contributed by atoms with Crippen LogP contribution in [0.4, 0.5) is 0 Å². The Morgan fingerprint density at radius 2 is 0.676 bits per heavy atom. The third-order valence-corrected chi connectivity index (χ3v) is 6.58. The fraction of sp³-hybridized carbons (Fsp3) is 0.588. The van der Waals surface area contributed by atoms with Gasteiger partial charge in [0.1, 0.15) is 5.78 Å². The molecule has 208 valence electrons. The molecule has 0 aromatic heterocycles. The van der Waals surface area contributed by atoms with E-state index in [-0.39, 0.29) is 12.2 Å². The molecule has 0 unspecified atom stereocenters. The van der Waals surface area contributed by atoms with E-state index in [0.29, 0.717) is 6.42 Å². The summed E-state index contributed by atoms with van der Waals surface area (Å²) in [6.45, 7) is 14.6. The molecule has 0 fully saturated rings. The van der Waals surface area contributed by atoms with Crippen LogP contribution in [0.2, 0.25) is 0 Å². The SMILES string of the molecule is CC(=O)CC/C=C(\C)CC/C=C(\C)CC/C=C(\C)CC/C=C(\C)CC/C=C(\C)CC/C=C(\C)CC(=O)O. The van der Waals surface area contributed by atoms with Crippen molar-refractivity contribution >= 4 is 11.8 Å². The summed E-state index contributed by atoms with van der Waals surface area (Å²) in [6, 6.07) is 0. The Bertz CT molecular complexity index is 875. The van der Waals surface area contributed by atoms with Gasteiger partial charge in [-0.3, -0.25) is 4.79 Å². The van der Waals surface area contributed by atoms with Crippen molar-refractivity contribution in [2.75, 3.05) is 0 Å². The highest BCUT2D eigenvalue weighted by molar-refractivity contribution is 5.75. The van der Waals surface area contributed by atoms with Gasteiger partial charge >= 0.3 is 5.97 Å². The third-order valence-electron chi connectivity index (χ3n) is 6.58. The first-order valence-electron chi connectivity index (χ1n) is 14.1. The van der Waals surface area contributed by atoms with E-state index in [4.69, 9.17) is 5.11 Å². The van der Waals surface area contributed by atoms with Gasteiger partial charge in [0.15, 0.2) is 0 Å². The van der Waals surface area contributed by atoms with Crippen LogP contribution in [0.15, 0.2) is 69.9 Å². The first-order valence-corrected chi connectivity index (χ1v) is 14.1. The van der Waals surface area contributed by atoms with Crippen molar-refractivity contribution in [1.29, 1.82) is 0 Å². The molecule has 0 aromatic rings. The lowest BCUT2D eigenvalue weighted by Crippen LogP contribution is -1.94. The monoisotopic (exact) mass is 510 g/mol. The lowest BCUT2D eigenvalue weighted by molar-refractivity contribution is -0.136. The van der Waals surface area contributed by atoms with E-state index in [1.54, 1.807) is 6.92 Å². The topological polar surface area (TPSA) is 54.4 Å². The number of aliphatic carboxylic acids is 1. The molecule has 0 rings (SSSR count). The lowest BCUT2D eigenvalue weighted by Gasteiger charge is -2.04. The molecule has 3 heteroatoms. The van der Waals surface area contributed by atoms with E-state index in [0.717, 1.165) is 76.2 Å². The smallest absolute Gasteiger partial charge is 0.307 e. The van der Waals surface area contributed by atoms with Crippen LogP contribution in [0.5, 0.6) is 0 Å². The maximum absolute atomic E-state index is 11.0. The zero-order valence-corrected chi connectivity index (χ0v) is 24.9. The number of ketones is 1. The molecule has 3 nitrogen and oxygen atoms in total. The molecule has 0 heterocycles. The molecule has 0 radical (unpaired) electrons. The maximum atomic E-state index is 11.0. The summed E-state index contributed by atoms with van der Waals surface area (Å²) in [6.07, 6.45) is 26.1. The van der Waals surface area contributed by atoms with Gasteiger partial charge in [0.25, 0.3) is 0 Å². The van der Waals surface area contributed by atoms with Crippen LogP contribution in [-0.2, 0) is 9.59 Å². The Hall–Kier alpha value is -2.42. The summed E-state index contributed by atoms with van der Waals surface area (Å²) >= 11 is 0. The van der Waals surface area contributed by atoms with Crippen molar-refractivity contribution in [3.8, 4) is 0 Å². The summed E-state index contributed by atoms with van der Waals surface area (Å²) in [7, 11) is 0. The fourth-order valence-electron chi connectivity index (χ4n) is 4.07. The van der Waals surface area contributed by atoms with Crippen LogP contribution < -0.4 is 0 Å².